The number of para-hydroxylation sites is 1. The molecule has 201 valence electrons. The molecule has 39 heavy (non-hydrogen) atoms. The normalized spacial score (nSPS) is 10.1. The van der Waals surface area contributed by atoms with Gasteiger partial charge in [0.05, 0.1) is 5.52 Å². The maximum atomic E-state index is 13.4. The van der Waals surface area contributed by atoms with Crippen molar-refractivity contribution in [3.63, 3.8) is 0 Å². The summed E-state index contributed by atoms with van der Waals surface area (Å²) >= 11 is 0. The van der Waals surface area contributed by atoms with E-state index in [0.717, 1.165) is 17.1 Å². The molecule has 0 aliphatic carbocycles. The summed E-state index contributed by atoms with van der Waals surface area (Å²) in [6.07, 6.45) is 0. The Kier molecular flexibility index (Phi) is 10.9. The number of benzene rings is 4. The maximum Gasteiger partial charge on any atom is 0.265 e. The van der Waals surface area contributed by atoms with Crippen molar-refractivity contribution >= 4 is 33.7 Å². The van der Waals surface area contributed by atoms with E-state index in [0.29, 0.717) is 16.5 Å². The zero-order chi connectivity index (χ0) is 25.4. The summed E-state index contributed by atoms with van der Waals surface area (Å²) in [5.74, 6) is -0.800. The number of hydrogen-bond acceptors (Lipinski definition) is 4. The van der Waals surface area contributed by atoms with Crippen LogP contribution in [-0.2, 0) is 7.05 Å². The van der Waals surface area contributed by atoms with Crippen molar-refractivity contribution in [2.75, 3.05) is 4.90 Å². The van der Waals surface area contributed by atoms with Gasteiger partial charge in [-0.3, -0.25) is 9.59 Å². The molecule has 5 N–H and O–H groups in total. The van der Waals surface area contributed by atoms with Crippen LogP contribution in [0.15, 0.2) is 102 Å². The second-order valence-corrected chi connectivity index (χ2v) is 8.99. The van der Waals surface area contributed by atoms with E-state index in [2.05, 4.69) is 53.4 Å². The fraction of sp³-hybridized carbons (Fsp3) is 0.0968. The molecule has 5 aromatic rings. The van der Waals surface area contributed by atoms with Gasteiger partial charge in [-0.2, -0.15) is 0 Å². The Labute approximate surface area is 267 Å². The van der Waals surface area contributed by atoms with Crippen LogP contribution in [0.3, 0.4) is 0 Å². The Hall–Kier alpha value is -3.14. The van der Waals surface area contributed by atoms with Crippen LogP contribution in [0.5, 0.6) is 5.75 Å². The summed E-state index contributed by atoms with van der Waals surface area (Å²) < 4.78 is 1.40. The molecule has 1 heterocycles. The number of ketones is 1. The summed E-state index contributed by atoms with van der Waals surface area (Å²) in [6, 6.07) is 30.6. The smallest absolute Gasteiger partial charge is 0.265 e. The first-order chi connectivity index (χ1) is 17.3. The predicted molar refractivity (Wildman–Crippen MR) is 152 cm³/mol. The Morgan fingerprint density at radius 3 is 1.64 bits per heavy atom. The number of aryl methyl sites for hydroxylation is 3. The molecule has 0 spiro atoms. The third-order valence-electron chi connectivity index (χ3n) is 6.47. The Morgan fingerprint density at radius 2 is 1.15 bits per heavy atom. The molecule has 0 aliphatic heterocycles. The standard InChI is InChI=1S/C31H26N2O3.Eu.2H2O/c1-20-8-14-23(15-9-20)33(24-16-10-21(2)11-17-24)25-18-12-22(13-19-25)29(34)28-30(35)26-6-4-5-7-27(26)32(3)31(28)36;;;/h4-19,35H,1-3H3;;2*1H2. The van der Waals surface area contributed by atoms with Crippen LogP contribution in [0, 0.1) is 63.2 Å². The number of pyridine rings is 1. The Morgan fingerprint density at radius 1 is 0.718 bits per heavy atom. The van der Waals surface area contributed by atoms with E-state index in [-0.39, 0.29) is 71.6 Å². The first kappa shape index (κ1) is 32.1. The first-order valence-corrected chi connectivity index (χ1v) is 11.7. The summed E-state index contributed by atoms with van der Waals surface area (Å²) in [7, 11) is 1.60. The molecule has 0 fully saturated rings. The van der Waals surface area contributed by atoms with E-state index in [9.17, 15) is 14.7 Å². The van der Waals surface area contributed by atoms with E-state index < -0.39 is 11.3 Å². The molecule has 0 amide bonds. The maximum absolute atomic E-state index is 13.4. The third kappa shape index (κ3) is 6.21. The molecular weight excluding hydrogens is 632 g/mol. The second-order valence-electron chi connectivity index (χ2n) is 8.99. The van der Waals surface area contributed by atoms with Gasteiger partial charge in [0.2, 0.25) is 5.78 Å². The van der Waals surface area contributed by atoms with Gasteiger partial charge in [-0.05, 0) is 74.5 Å². The summed E-state index contributed by atoms with van der Waals surface area (Å²) in [6.45, 7) is 4.10. The topological polar surface area (TPSA) is 126 Å². The van der Waals surface area contributed by atoms with Gasteiger partial charge >= 0.3 is 0 Å². The van der Waals surface area contributed by atoms with Crippen LogP contribution in [-0.4, -0.2) is 26.4 Å². The largest absolute Gasteiger partial charge is 0.506 e. The van der Waals surface area contributed by atoms with Crippen LogP contribution in [0.2, 0.25) is 0 Å². The molecule has 4 aromatic carbocycles. The van der Waals surface area contributed by atoms with E-state index in [1.54, 1.807) is 43.4 Å². The zero-order valence-electron chi connectivity index (χ0n) is 21.8. The van der Waals surface area contributed by atoms with E-state index in [1.165, 1.54) is 15.7 Å². The molecule has 0 atom stereocenters. The molecule has 0 saturated heterocycles. The van der Waals surface area contributed by atoms with Crippen LogP contribution in [0.4, 0.5) is 17.1 Å². The number of fused-ring (bicyclic) bond motifs is 1. The molecule has 0 aliphatic rings. The van der Waals surface area contributed by atoms with Crippen molar-refractivity contribution in [3.05, 3.63) is 130 Å². The van der Waals surface area contributed by atoms with Crippen molar-refractivity contribution in [1.29, 1.82) is 0 Å². The van der Waals surface area contributed by atoms with Crippen LogP contribution in [0.1, 0.15) is 27.0 Å². The predicted octanol–water partition coefficient (Wildman–Crippen LogP) is 4.91. The van der Waals surface area contributed by atoms with Gasteiger partial charge in [-0.25, -0.2) is 0 Å². The van der Waals surface area contributed by atoms with Crippen LogP contribution in [0.25, 0.3) is 10.9 Å². The molecule has 7 nitrogen and oxygen atoms in total. The minimum atomic E-state index is -0.527. The van der Waals surface area contributed by atoms with Gasteiger partial charge in [0, 0.05) is 84.4 Å². The number of nitrogens with zero attached hydrogens (tertiary/aromatic N) is 2. The third-order valence-corrected chi connectivity index (χ3v) is 6.47. The number of rotatable bonds is 5. The summed E-state index contributed by atoms with van der Waals surface area (Å²) in [4.78, 5) is 28.5. The fourth-order valence-corrected chi connectivity index (χ4v) is 4.43. The van der Waals surface area contributed by atoms with E-state index in [1.807, 2.05) is 26.0 Å². The van der Waals surface area contributed by atoms with Crippen LogP contribution >= 0.6 is 0 Å². The minimum Gasteiger partial charge on any atom is -0.506 e. The van der Waals surface area contributed by atoms with Crippen molar-refractivity contribution < 1.29 is 70.2 Å². The number of aromatic nitrogens is 1. The van der Waals surface area contributed by atoms with Crippen molar-refractivity contribution in [1.82, 2.24) is 4.57 Å². The van der Waals surface area contributed by atoms with E-state index in [4.69, 9.17) is 0 Å². The Bertz CT molecular complexity index is 1600. The second kappa shape index (κ2) is 13.3. The average Bonchev–Trinajstić information content (AvgIpc) is 2.90. The molecule has 5 rings (SSSR count). The van der Waals surface area contributed by atoms with Gasteiger partial charge in [-0.15, -0.1) is 0 Å². The van der Waals surface area contributed by atoms with Gasteiger partial charge in [0.1, 0.15) is 11.3 Å². The summed E-state index contributed by atoms with van der Waals surface area (Å²) in [5, 5.41) is 11.3. The zero-order valence-corrected chi connectivity index (χ0v) is 24.2. The van der Waals surface area contributed by atoms with Gasteiger partial charge in [0.25, 0.3) is 5.56 Å². The van der Waals surface area contributed by atoms with Gasteiger partial charge in [0.15, 0.2) is 0 Å². The molecule has 0 unspecified atom stereocenters. The SMILES string of the molecule is Cc1ccc(N(c2ccc(C)cc2)c2ccc(C(=O)c3c(O)c4ccccc4n(C)c3=O)cc2)cc1.O.O.[Eu]. The molecular formula is C31H30EuN2O5. The number of carbonyl (C=O) groups excluding carboxylic acids is 1. The van der Waals surface area contributed by atoms with Crippen LogP contribution < -0.4 is 10.5 Å². The van der Waals surface area contributed by atoms with E-state index >= 15 is 0 Å². The minimum absolute atomic E-state index is 0. The first-order valence-electron chi connectivity index (χ1n) is 11.7. The number of aromatic hydroxyl groups is 1. The quantitative estimate of drug-likeness (QED) is 0.269. The molecule has 0 bridgehead atoms. The summed E-state index contributed by atoms with van der Waals surface area (Å²) in [5.41, 5.74) is 5.33. The monoisotopic (exact) mass is 663 g/mol. The molecule has 8 heteroatoms. The molecule has 1 radical (unpaired) electrons. The van der Waals surface area contributed by atoms with Crippen molar-refractivity contribution in [2.45, 2.75) is 13.8 Å². The van der Waals surface area contributed by atoms with Crippen molar-refractivity contribution in [2.24, 2.45) is 7.05 Å². The van der Waals surface area contributed by atoms with Crippen molar-refractivity contribution in [3.8, 4) is 5.75 Å². The number of carbonyl (C=O) groups is 1. The molecule has 1 aromatic heterocycles. The number of hydrogen-bond donors (Lipinski definition) is 1. The van der Waals surface area contributed by atoms with Gasteiger partial charge < -0.3 is 25.5 Å². The molecule has 0 saturated carbocycles. The van der Waals surface area contributed by atoms with Gasteiger partial charge in [-0.1, -0.05) is 47.5 Å². The Balaban J connectivity index is 0.00000178. The average molecular weight is 663 g/mol. The fourth-order valence-electron chi connectivity index (χ4n) is 4.43. The number of anilines is 3.